The number of aryl methyl sites for hydroxylation is 2. The number of aromatic nitrogens is 2. The number of nitrogens with zero attached hydrogens (tertiary/aromatic N) is 3. The number of rotatable bonds is 11. The van der Waals surface area contributed by atoms with Crippen LogP contribution in [0.4, 0.5) is 4.79 Å². The lowest BCUT2D eigenvalue weighted by Gasteiger charge is -2.32. The summed E-state index contributed by atoms with van der Waals surface area (Å²) in [5, 5.41) is 8.74. The van der Waals surface area contributed by atoms with Gasteiger partial charge in [-0.1, -0.05) is 40.0 Å². The van der Waals surface area contributed by atoms with Crippen LogP contribution in [0.15, 0.2) is 23.6 Å². The lowest BCUT2D eigenvalue weighted by Crippen LogP contribution is -2.59. The summed E-state index contributed by atoms with van der Waals surface area (Å²) in [7, 11) is -2.28. The van der Waals surface area contributed by atoms with E-state index in [1.54, 1.807) is 13.2 Å². The van der Waals surface area contributed by atoms with Gasteiger partial charge in [-0.25, -0.2) is 23.2 Å². The number of hydrogen-bond donors (Lipinski definition) is 3. The second-order valence-electron chi connectivity index (χ2n) is 18.5. The first-order valence-electron chi connectivity index (χ1n) is 21.9. The summed E-state index contributed by atoms with van der Waals surface area (Å²) < 4.78 is 52.7. The summed E-state index contributed by atoms with van der Waals surface area (Å²) in [6.45, 7) is 8.15. The summed E-state index contributed by atoms with van der Waals surface area (Å²) in [4.78, 5) is 67.8. The van der Waals surface area contributed by atoms with E-state index in [0.29, 0.717) is 60.9 Å². The number of cyclic esters (lactones) is 1. The molecule has 1 unspecified atom stereocenters. The lowest BCUT2D eigenvalue weighted by molar-refractivity contribution is -0.142. The molecule has 5 aliphatic rings. The van der Waals surface area contributed by atoms with Crippen LogP contribution >= 0.6 is 11.3 Å². The number of ether oxygens (including phenoxy) is 4. The van der Waals surface area contributed by atoms with E-state index >= 15 is 0 Å². The Morgan fingerprint density at radius 2 is 1.85 bits per heavy atom. The molecule has 4 amide bonds. The smallest absolute Gasteiger partial charge is 0.407 e. The number of alkyl carbamates (subject to hydrolysis) is 1. The Bertz CT molecular complexity index is 2330. The van der Waals surface area contributed by atoms with Gasteiger partial charge in [0, 0.05) is 29.3 Å². The highest BCUT2D eigenvalue weighted by Crippen LogP contribution is 2.47. The number of nitrogens with one attached hydrogen (secondary N) is 3. The lowest BCUT2D eigenvalue weighted by atomic mass is 9.87. The van der Waals surface area contributed by atoms with Crippen LogP contribution in [0.25, 0.3) is 10.9 Å². The van der Waals surface area contributed by atoms with E-state index in [1.165, 1.54) is 16.2 Å². The monoisotopic (exact) mass is 894 g/mol. The first-order chi connectivity index (χ1) is 29.6. The van der Waals surface area contributed by atoms with Gasteiger partial charge >= 0.3 is 6.09 Å². The van der Waals surface area contributed by atoms with Gasteiger partial charge in [0.1, 0.15) is 41.8 Å². The maximum absolute atomic E-state index is 15.0. The molecule has 8 rings (SSSR count). The van der Waals surface area contributed by atoms with Crippen molar-refractivity contribution in [3.63, 3.8) is 0 Å². The van der Waals surface area contributed by atoms with Gasteiger partial charge in [-0.05, 0) is 87.2 Å². The average Bonchev–Trinajstić information content (AvgIpc) is 4.03. The molecule has 2 aromatic heterocycles. The van der Waals surface area contributed by atoms with Gasteiger partial charge in [-0.15, -0.1) is 11.3 Å². The zero-order chi connectivity index (χ0) is 44.0. The van der Waals surface area contributed by atoms with Crippen LogP contribution in [-0.4, -0.2) is 96.3 Å². The Kier molecular flexibility index (Phi) is 12.4. The van der Waals surface area contributed by atoms with Gasteiger partial charge in [-0.3, -0.25) is 19.1 Å². The van der Waals surface area contributed by atoms with Crippen molar-refractivity contribution >= 4 is 56.1 Å². The normalized spacial score (nSPS) is 26.8. The van der Waals surface area contributed by atoms with Crippen molar-refractivity contribution in [2.45, 2.75) is 140 Å². The molecule has 4 fully saturated rings. The Morgan fingerprint density at radius 1 is 1.08 bits per heavy atom. The van der Waals surface area contributed by atoms with Gasteiger partial charge in [0.25, 0.3) is 5.91 Å². The summed E-state index contributed by atoms with van der Waals surface area (Å²) >= 11 is 1.52. The number of amides is 4. The molecule has 1 saturated heterocycles. The first kappa shape index (κ1) is 43.9. The third-order valence-corrected chi connectivity index (χ3v) is 15.8. The SMILES string of the molecule is CC[C@@H]1CC1(NC(=O)[C@@H]1C[C@@H]2CN1C(=O)[C@H](C1CCCC1)NC(=O)OCC(C)(C)CCCc1cc3c(cc(OCc4csc(C)n4)nc3cc1OC)O2)C(=O)NS(=O)(=O)C1CC1. The predicted octanol–water partition coefficient (Wildman–Crippen LogP) is 5.48. The summed E-state index contributed by atoms with van der Waals surface area (Å²) in [5.74, 6) is -0.936. The van der Waals surface area contributed by atoms with Gasteiger partial charge in [-0.2, -0.15) is 0 Å². The summed E-state index contributed by atoms with van der Waals surface area (Å²) in [5.41, 5.74) is 0.408. The molecular formula is C44H58N6O10S2. The van der Waals surface area contributed by atoms with Crippen LogP contribution in [0.2, 0.25) is 0 Å². The van der Waals surface area contributed by atoms with Crippen molar-refractivity contribution in [1.29, 1.82) is 0 Å². The van der Waals surface area contributed by atoms with Crippen molar-refractivity contribution < 1.29 is 46.5 Å². The highest BCUT2D eigenvalue weighted by atomic mass is 32.2. The number of carbonyl (C=O) groups excluding carboxylic acids is 4. The maximum Gasteiger partial charge on any atom is 0.407 e. The Morgan fingerprint density at radius 3 is 2.53 bits per heavy atom. The number of hydrogen-bond acceptors (Lipinski definition) is 13. The zero-order valence-electron chi connectivity index (χ0n) is 36.1. The van der Waals surface area contributed by atoms with E-state index < -0.39 is 62.8 Å². The maximum atomic E-state index is 15.0. The van der Waals surface area contributed by atoms with Crippen molar-refractivity contribution in [2.24, 2.45) is 17.3 Å². The van der Waals surface area contributed by atoms with Gasteiger partial charge < -0.3 is 34.5 Å². The molecule has 3 aliphatic carbocycles. The standard InChI is InChI=1S/C44H58N6O10S2/c1-6-28-20-44(28,41(53)49-62(55,56)31-13-14-31)48-39(51)34-17-30-21-50(34)40(52)38(26-10-7-8-11-26)47-42(54)59-24-43(3,4)15-9-12-27-16-32-33(18-35(27)57-5)46-37(19-36(32)60-30)58-22-29-23-61-25(2)45-29/h16,18-19,23,26,28,30-31,34,38H,6-15,17,20-22,24H2,1-5H3,(H,47,54)(H,48,51)(H,49,53)/t28-,30-,34+,38+,44?/m1/s1. The third kappa shape index (κ3) is 9.45. The molecule has 3 saturated carbocycles. The van der Waals surface area contributed by atoms with E-state index in [0.717, 1.165) is 41.9 Å². The molecule has 0 radical (unpaired) electrons. The number of benzene rings is 1. The topological polar surface area (TPSA) is 204 Å². The third-order valence-electron chi connectivity index (χ3n) is 13.2. The van der Waals surface area contributed by atoms with Crippen molar-refractivity contribution in [2.75, 3.05) is 20.3 Å². The van der Waals surface area contributed by atoms with Crippen molar-refractivity contribution in [3.8, 4) is 17.4 Å². The van der Waals surface area contributed by atoms with E-state index in [1.807, 2.05) is 45.2 Å². The molecule has 4 bridgehead atoms. The number of fused-ring (bicyclic) bond motifs is 3. The molecule has 18 heteroatoms. The molecule has 4 heterocycles. The number of thiazole rings is 1. The summed E-state index contributed by atoms with van der Waals surface area (Å²) in [6, 6.07) is 3.48. The van der Waals surface area contributed by atoms with E-state index in [9.17, 15) is 27.6 Å². The summed E-state index contributed by atoms with van der Waals surface area (Å²) in [6.07, 6.45) is 5.70. The Labute approximate surface area is 366 Å². The fourth-order valence-electron chi connectivity index (χ4n) is 9.38. The number of methoxy groups -OCH3 is 1. The van der Waals surface area contributed by atoms with Crippen molar-refractivity contribution in [1.82, 2.24) is 30.2 Å². The largest absolute Gasteiger partial charge is 0.496 e. The van der Waals surface area contributed by atoms with Crippen LogP contribution in [0, 0.1) is 24.2 Å². The molecule has 3 N–H and O–H groups in total. The second-order valence-corrected chi connectivity index (χ2v) is 21.5. The second kappa shape index (κ2) is 17.5. The molecule has 2 aliphatic heterocycles. The van der Waals surface area contributed by atoms with Crippen LogP contribution in [0.5, 0.6) is 17.4 Å². The van der Waals surface area contributed by atoms with Gasteiger partial charge in [0.05, 0.1) is 41.7 Å². The Hall–Kier alpha value is -4.71. The van der Waals surface area contributed by atoms with Gasteiger partial charge in [0.2, 0.25) is 27.7 Å². The predicted molar refractivity (Wildman–Crippen MR) is 230 cm³/mol. The fraction of sp³-hybridized carbons (Fsp3) is 0.636. The Balaban J connectivity index is 1.16. The molecule has 336 valence electrons. The van der Waals surface area contributed by atoms with Crippen LogP contribution < -0.4 is 29.6 Å². The highest BCUT2D eigenvalue weighted by molar-refractivity contribution is 7.91. The van der Waals surface area contributed by atoms with Crippen molar-refractivity contribution in [3.05, 3.63) is 39.8 Å². The van der Waals surface area contributed by atoms with Crippen LogP contribution in [0.3, 0.4) is 0 Å². The quantitative estimate of drug-likeness (QED) is 0.219. The molecule has 1 aromatic carbocycles. The first-order valence-corrected chi connectivity index (χ1v) is 24.3. The molecule has 5 atom stereocenters. The number of carbonyl (C=O) groups is 4. The zero-order valence-corrected chi connectivity index (χ0v) is 37.8. The number of pyridine rings is 1. The van der Waals surface area contributed by atoms with E-state index in [4.69, 9.17) is 23.9 Å². The minimum atomic E-state index is -3.89. The highest BCUT2D eigenvalue weighted by Gasteiger charge is 2.62. The molecular weight excluding hydrogens is 837 g/mol. The number of sulfonamides is 1. The molecule has 16 nitrogen and oxygen atoms in total. The van der Waals surface area contributed by atoms with Gasteiger partial charge in [0.15, 0.2) is 0 Å². The molecule has 62 heavy (non-hydrogen) atoms. The minimum Gasteiger partial charge on any atom is -0.496 e. The average molecular weight is 895 g/mol. The minimum absolute atomic E-state index is 0.0164. The fourth-order valence-corrected chi connectivity index (χ4v) is 11.3. The van der Waals surface area contributed by atoms with E-state index in [-0.39, 0.29) is 55.7 Å². The molecule has 0 spiro atoms. The molecule has 3 aromatic rings. The van der Waals surface area contributed by atoms with Crippen LogP contribution in [-0.2, 0) is 42.2 Å². The van der Waals surface area contributed by atoms with E-state index in [2.05, 4.69) is 20.3 Å². The van der Waals surface area contributed by atoms with Crippen LogP contribution in [0.1, 0.15) is 108 Å².